The number of para-hydroxylation sites is 1. The Hall–Kier alpha value is -2.00. The van der Waals surface area contributed by atoms with Gasteiger partial charge >= 0.3 is 0 Å². The number of anilines is 2. The van der Waals surface area contributed by atoms with Crippen molar-refractivity contribution >= 4 is 28.9 Å². The van der Waals surface area contributed by atoms with Crippen LogP contribution in [-0.4, -0.2) is 11.6 Å². The first-order chi connectivity index (χ1) is 9.90. The Morgan fingerprint density at radius 3 is 2.57 bits per heavy atom. The summed E-state index contributed by atoms with van der Waals surface area (Å²) < 4.78 is 0. The van der Waals surface area contributed by atoms with Crippen LogP contribution >= 0.6 is 11.6 Å². The Morgan fingerprint density at radius 1 is 1.14 bits per heavy atom. The van der Waals surface area contributed by atoms with E-state index in [0.717, 1.165) is 16.9 Å². The highest BCUT2D eigenvalue weighted by Gasteiger charge is 2.39. The topological polar surface area (TPSA) is 32.3 Å². The fourth-order valence-electron chi connectivity index (χ4n) is 2.79. The van der Waals surface area contributed by atoms with E-state index in [4.69, 9.17) is 11.6 Å². The zero-order valence-corrected chi connectivity index (χ0v) is 13.0. The third kappa shape index (κ3) is 2.28. The van der Waals surface area contributed by atoms with Gasteiger partial charge in [0.25, 0.3) is 5.91 Å². The molecule has 2 aromatic carbocycles. The number of halogens is 1. The summed E-state index contributed by atoms with van der Waals surface area (Å²) in [5.74, 6) is -0.0365. The molecule has 0 saturated carbocycles. The molecular weight excluding hydrogens is 284 g/mol. The van der Waals surface area contributed by atoms with E-state index in [1.807, 2.05) is 51.1 Å². The smallest absolute Gasteiger partial charge is 0.262 e. The highest BCUT2D eigenvalue weighted by molar-refractivity contribution is 6.31. The number of nitrogens with zero attached hydrogens (tertiary/aromatic N) is 1. The molecule has 0 bridgehead atoms. The molecule has 0 saturated heterocycles. The van der Waals surface area contributed by atoms with Crippen LogP contribution in [-0.2, 0) is 0 Å². The summed E-state index contributed by atoms with van der Waals surface area (Å²) in [7, 11) is 0. The first kappa shape index (κ1) is 14.0. The Kier molecular flexibility index (Phi) is 3.18. The molecular formula is C17H17ClN2O. The number of carbonyl (C=O) groups is 1. The predicted molar refractivity (Wildman–Crippen MR) is 87.1 cm³/mol. The number of hydrogen-bond donors (Lipinski definition) is 1. The van der Waals surface area contributed by atoms with Crippen LogP contribution in [0.15, 0.2) is 42.5 Å². The standard InChI is InChI=1S/C17H17ClN2O/c1-11-6-4-5-7-15(11)20-16(21)13-10-12(18)8-9-14(13)19-17(20,2)3/h4-10,19H,1-3H3. The number of nitrogens with one attached hydrogen (secondary N) is 1. The second-order valence-corrected chi connectivity index (χ2v) is 6.24. The zero-order valence-electron chi connectivity index (χ0n) is 12.3. The first-order valence-corrected chi connectivity index (χ1v) is 7.26. The average Bonchev–Trinajstić information content (AvgIpc) is 2.41. The lowest BCUT2D eigenvalue weighted by Crippen LogP contribution is -2.56. The zero-order chi connectivity index (χ0) is 15.2. The summed E-state index contributed by atoms with van der Waals surface area (Å²) in [5.41, 5.74) is 2.88. The summed E-state index contributed by atoms with van der Waals surface area (Å²) in [6, 6.07) is 13.2. The van der Waals surface area contributed by atoms with Crippen LogP contribution < -0.4 is 10.2 Å². The molecule has 4 heteroatoms. The van der Waals surface area contributed by atoms with E-state index in [-0.39, 0.29) is 5.91 Å². The maximum Gasteiger partial charge on any atom is 0.262 e. The van der Waals surface area contributed by atoms with Crippen molar-refractivity contribution in [2.75, 3.05) is 10.2 Å². The minimum absolute atomic E-state index is 0.0365. The normalized spacial score (nSPS) is 16.4. The van der Waals surface area contributed by atoms with E-state index >= 15 is 0 Å². The van der Waals surface area contributed by atoms with Gasteiger partial charge in [-0.3, -0.25) is 9.69 Å². The lowest BCUT2D eigenvalue weighted by atomic mass is 9.99. The van der Waals surface area contributed by atoms with Gasteiger partial charge in [0.15, 0.2) is 0 Å². The van der Waals surface area contributed by atoms with Crippen molar-refractivity contribution < 1.29 is 4.79 Å². The molecule has 1 aliphatic rings. The van der Waals surface area contributed by atoms with Crippen molar-refractivity contribution in [2.45, 2.75) is 26.4 Å². The summed E-state index contributed by atoms with van der Waals surface area (Å²) in [6.07, 6.45) is 0. The molecule has 21 heavy (non-hydrogen) atoms. The maximum absolute atomic E-state index is 13.0. The maximum atomic E-state index is 13.0. The van der Waals surface area contributed by atoms with Gasteiger partial charge in [-0.1, -0.05) is 29.8 Å². The third-order valence-electron chi connectivity index (χ3n) is 3.77. The van der Waals surface area contributed by atoms with E-state index in [1.165, 1.54) is 0 Å². The molecule has 0 radical (unpaired) electrons. The molecule has 0 spiro atoms. The van der Waals surface area contributed by atoms with Crippen LogP contribution in [0.3, 0.4) is 0 Å². The van der Waals surface area contributed by atoms with Gasteiger partial charge in [-0.05, 0) is 50.6 Å². The largest absolute Gasteiger partial charge is 0.362 e. The third-order valence-corrected chi connectivity index (χ3v) is 4.01. The second-order valence-electron chi connectivity index (χ2n) is 5.80. The van der Waals surface area contributed by atoms with Crippen LogP contribution in [0.5, 0.6) is 0 Å². The lowest BCUT2D eigenvalue weighted by Gasteiger charge is -2.44. The van der Waals surface area contributed by atoms with Gasteiger partial charge in [0.05, 0.1) is 5.56 Å². The van der Waals surface area contributed by atoms with Crippen molar-refractivity contribution in [1.29, 1.82) is 0 Å². The molecule has 0 fully saturated rings. The molecule has 3 rings (SSSR count). The number of rotatable bonds is 1. The van der Waals surface area contributed by atoms with E-state index in [1.54, 1.807) is 17.0 Å². The Bertz CT molecular complexity index is 724. The molecule has 0 atom stereocenters. The number of aryl methyl sites for hydroxylation is 1. The first-order valence-electron chi connectivity index (χ1n) is 6.88. The van der Waals surface area contributed by atoms with Crippen LogP contribution in [0.4, 0.5) is 11.4 Å². The van der Waals surface area contributed by atoms with Crippen LogP contribution in [0.2, 0.25) is 5.02 Å². The van der Waals surface area contributed by atoms with Crippen LogP contribution in [0, 0.1) is 6.92 Å². The van der Waals surface area contributed by atoms with Gasteiger partial charge in [0.1, 0.15) is 5.66 Å². The van der Waals surface area contributed by atoms with Crippen LogP contribution in [0.1, 0.15) is 29.8 Å². The fraction of sp³-hybridized carbons (Fsp3) is 0.235. The molecule has 3 nitrogen and oxygen atoms in total. The van der Waals surface area contributed by atoms with Crippen molar-refractivity contribution in [2.24, 2.45) is 0 Å². The number of carbonyl (C=O) groups excluding carboxylic acids is 1. The number of amides is 1. The Morgan fingerprint density at radius 2 is 1.86 bits per heavy atom. The molecule has 1 heterocycles. The summed E-state index contributed by atoms with van der Waals surface area (Å²) >= 11 is 6.04. The Labute approximate surface area is 129 Å². The minimum atomic E-state index is -0.510. The van der Waals surface area contributed by atoms with Crippen molar-refractivity contribution in [3.05, 3.63) is 58.6 Å². The van der Waals surface area contributed by atoms with Gasteiger partial charge in [-0.15, -0.1) is 0 Å². The van der Waals surface area contributed by atoms with Gasteiger partial charge in [0.2, 0.25) is 0 Å². The molecule has 1 amide bonds. The summed E-state index contributed by atoms with van der Waals surface area (Å²) in [5, 5.41) is 3.98. The highest BCUT2D eigenvalue weighted by Crippen LogP contribution is 2.37. The van der Waals surface area contributed by atoms with Crippen LogP contribution in [0.25, 0.3) is 0 Å². The Balaban J connectivity index is 2.17. The van der Waals surface area contributed by atoms with Gasteiger partial charge in [0, 0.05) is 16.4 Å². The monoisotopic (exact) mass is 300 g/mol. The number of fused-ring (bicyclic) bond motifs is 1. The molecule has 0 aliphatic carbocycles. The van der Waals surface area contributed by atoms with E-state index in [0.29, 0.717) is 10.6 Å². The summed E-state index contributed by atoms with van der Waals surface area (Å²) in [6.45, 7) is 6.00. The average molecular weight is 301 g/mol. The number of benzene rings is 2. The molecule has 1 aliphatic heterocycles. The van der Waals surface area contributed by atoms with Gasteiger partial charge in [-0.25, -0.2) is 0 Å². The highest BCUT2D eigenvalue weighted by atomic mass is 35.5. The van der Waals surface area contributed by atoms with E-state index < -0.39 is 5.66 Å². The van der Waals surface area contributed by atoms with Crippen molar-refractivity contribution in [3.63, 3.8) is 0 Å². The van der Waals surface area contributed by atoms with E-state index in [2.05, 4.69) is 5.32 Å². The number of hydrogen-bond acceptors (Lipinski definition) is 2. The quantitative estimate of drug-likeness (QED) is 0.843. The predicted octanol–water partition coefficient (Wildman–Crippen LogP) is 4.46. The fourth-order valence-corrected chi connectivity index (χ4v) is 2.96. The molecule has 0 unspecified atom stereocenters. The summed E-state index contributed by atoms with van der Waals surface area (Å²) in [4.78, 5) is 14.8. The van der Waals surface area contributed by atoms with Crippen molar-refractivity contribution in [3.8, 4) is 0 Å². The molecule has 0 aromatic heterocycles. The molecule has 1 N–H and O–H groups in total. The molecule has 108 valence electrons. The van der Waals surface area contributed by atoms with Gasteiger partial charge in [-0.2, -0.15) is 0 Å². The van der Waals surface area contributed by atoms with E-state index in [9.17, 15) is 4.79 Å². The van der Waals surface area contributed by atoms with Crippen molar-refractivity contribution in [1.82, 2.24) is 0 Å². The minimum Gasteiger partial charge on any atom is -0.362 e. The lowest BCUT2D eigenvalue weighted by molar-refractivity contribution is 0.0961. The second kappa shape index (κ2) is 4.78. The SMILES string of the molecule is Cc1ccccc1N1C(=O)c2cc(Cl)ccc2NC1(C)C. The molecule has 2 aromatic rings. The van der Waals surface area contributed by atoms with Gasteiger partial charge < -0.3 is 5.32 Å².